The predicted molar refractivity (Wildman–Crippen MR) is 79.4 cm³/mol. The van der Waals surface area contributed by atoms with Crippen molar-refractivity contribution in [1.82, 2.24) is 5.32 Å². The van der Waals surface area contributed by atoms with E-state index in [-0.39, 0.29) is 11.9 Å². The Bertz CT molecular complexity index is 407. The Kier molecular flexibility index (Phi) is 4.97. The lowest BCUT2D eigenvalue weighted by Crippen LogP contribution is -2.43. The summed E-state index contributed by atoms with van der Waals surface area (Å²) in [6, 6.07) is 8.20. The van der Waals surface area contributed by atoms with Gasteiger partial charge in [0.25, 0.3) is 0 Å². The molecule has 0 radical (unpaired) electrons. The van der Waals surface area contributed by atoms with Gasteiger partial charge in [-0.25, -0.2) is 0 Å². The van der Waals surface area contributed by atoms with Crippen LogP contribution in [0, 0.1) is 0 Å². The monoisotopic (exact) mass is 260 g/mol. The molecule has 3 nitrogen and oxygen atoms in total. The van der Waals surface area contributed by atoms with Crippen LogP contribution in [0.2, 0.25) is 0 Å². The van der Waals surface area contributed by atoms with Gasteiger partial charge < -0.3 is 10.6 Å². The van der Waals surface area contributed by atoms with Crippen molar-refractivity contribution in [3.63, 3.8) is 0 Å². The lowest BCUT2D eigenvalue weighted by molar-refractivity contribution is -0.118. The summed E-state index contributed by atoms with van der Waals surface area (Å²) in [6.07, 6.45) is 4.39. The van der Waals surface area contributed by atoms with Gasteiger partial charge in [0.2, 0.25) is 5.91 Å². The Morgan fingerprint density at radius 1 is 1.37 bits per heavy atom. The smallest absolute Gasteiger partial charge is 0.241 e. The fourth-order valence-corrected chi connectivity index (χ4v) is 2.44. The van der Waals surface area contributed by atoms with E-state index in [1.54, 1.807) is 0 Å². The summed E-state index contributed by atoms with van der Waals surface area (Å²) >= 11 is 0. The molecule has 2 atom stereocenters. The summed E-state index contributed by atoms with van der Waals surface area (Å²) in [5.74, 6) is 0.667. The van der Waals surface area contributed by atoms with Gasteiger partial charge in [0, 0.05) is 5.69 Å². The van der Waals surface area contributed by atoms with E-state index in [2.05, 4.69) is 36.6 Å². The van der Waals surface area contributed by atoms with Crippen LogP contribution in [0.4, 0.5) is 5.69 Å². The number of hydrogen-bond acceptors (Lipinski definition) is 2. The number of carbonyl (C=O) groups excluding carboxylic acids is 1. The molecule has 0 aliphatic carbocycles. The number of hydrogen-bond donors (Lipinski definition) is 2. The SMILES string of the molecule is CCC(C)c1ccc(NC(=O)C2CCCCN2)cc1. The first-order valence-electron chi connectivity index (χ1n) is 7.35. The van der Waals surface area contributed by atoms with Crippen molar-refractivity contribution in [3.8, 4) is 0 Å². The molecule has 0 spiro atoms. The van der Waals surface area contributed by atoms with Gasteiger partial charge in [-0.05, 0) is 49.4 Å². The van der Waals surface area contributed by atoms with E-state index in [9.17, 15) is 4.79 Å². The summed E-state index contributed by atoms with van der Waals surface area (Å²) in [4.78, 5) is 12.1. The van der Waals surface area contributed by atoms with E-state index >= 15 is 0 Å². The van der Waals surface area contributed by atoms with Crippen LogP contribution < -0.4 is 10.6 Å². The zero-order valence-corrected chi connectivity index (χ0v) is 11.9. The van der Waals surface area contributed by atoms with Gasteiger partial charge in [-0.2, -0.15) is 0 Å². The molecule has 1 saturated heterocycles. The van der Waals surface area contributed by atoms with Gasteiger partial charge in [-0.1, -0.05) is 32.4 Å². The Balaban J connectivity index is 1.93. The van der Waals surface area contributed by atoms with Crippen LogP contribution in [-0.2, 0) is 4.79 Å². The van der Waals surface area contributed by atoms with Crippen LogP contribution in [0.1, 0.15) is 51.0 Å². The molecule has 104 valence electrons. The van der Waals surface area contributed by atoms with Crippen molar-refractivity contribution in [1.29, 1.82) is 0 Å². The second kappa shape index (κ2) is 6.71. The van der Waals surface area contributed by atoms with Gasteiger partial charge in [0.1, 0.15) is 0 Å². The first-order chi connectivity index (χ1) is 9.20. The van der Waals surface area contributed by atoms with Gasteiger partial charge in [-0.3, -0.25) is 4.79 Å². The number of rotatable bonds is 4. The van der Waals surface area contributed by atoms with Crippen LogP contribution in [0.15, 0.2) is 24.3 Å². The van der Waals surface area contributed by atoms with Crippen molar-refractivity contribution >= 4 is 11.6 Å². The molecule has 1 fully saturated rings. The first kappa shape index (κ1) is 14.1. The van der Waals surface area contributed by atoms with Crippen LogP contribution in [0.5, 0.6) is 0 Å². The summed E-state index contributed by atoms with van der Waals surface area (Å²) < 4.78 is 0. The topological polar surface area (TPSA) is 41.1 Å². The Hall–Kier alpha value is -1.35. The second-order valence-electron chi connectivity index (χ2n) is 5.42. The maximum Gasteiger partial charge on any atom is 0.241 e. The average Bonchev–Trinajstić information content (AvgIpc) is 2.48. The minimum absolute atomic E-state index is 0.0250. The zero-order chi connectivity index (χ0) is 13.7. The molecule has 1 aromatic rings. The van der Waals surface area contributed by atoms with Crippen molar-refractivity contribution in [3.05, 3.63) is 29.8 Å². The van der Waals surface area contributed by atoms with Crippen LogP contribution in [0.3, 0.4) is 0 Å². The maximum atomic E-state index is 12.1. The molecule has 1 amide bonds. The van der Waals surface area contributed by atoms with E-state index in [1.807, 2.05) is 12.1 Å². The van der Waals surface area contributed by atoms with E-state index in [0.29, 0.717) is 5.92 Å². The third-order valence-electron chi connectivity index (χ3n) is 3.99. The van der Waals surface area contributed by atoms with Crippen molar-refractivity contribution < 1.29 is 4.79 Å². The Morgan fingerprint density at radius 2 is 2.11 bits per heavy atom. The molecule has 3 heteroatoms. The van der Waals surface area contributed by atoms with Crippen LogP contribution in [0.25, 0.3) is 0 Å². The molecule has 0 saturated carbocycles. The standard InChI is InChI=1S/C16H24N2O/c1-3-12(2)13-7-9-14(10-8-13)18-16(19)15-6-4-5-11-17-15/h7-10,12,15,17H,3-6,11H2,1-2H3,(H,18,19). The molecule has 19 heavy (non-hydrogen) atoms. The largest absolute Gasteiger partial charge is 0.325 e. The molecule has 1 aliphatic rings. The van der Waals surface area contributed by atoms with Gasteiger partial charge in [-0.15, -0.1) is 0 Å². The molecule has 1 aromatic carbocycles. The minimum Gasteiger partial charge on any atom is -0.325 e. The molecular weight excluding hydrogens is 236 g/mol. The number of carbonyl (C=O) groups is 1. The van der Waals surface area contributed by atoms with E-state index in [0.717, 1.165) is 31.5 Å². The molecule has 0 aromatic heterocycles. The highest BCUT2D eigenvalue weighted by Gasteiger charge is 2.20. The maximum absolute atomic E-state index is 12.1. The van der Waals surface area contributed by atoms with Crippen molar-refractivity contribution in [2.24, 2.45) is 0 Å². The summed E-state index contributed by atoms with van der Waals surface area (Å²) in [6.45, 7) is 5.36. The second-order valence-corrected chi connectivity index (χ2v) is 5.42. The number of benzene rings is 1. The Labute approximate surface area is 115 Å². The van der Waals surface area contributed by atoms with Gasteiger partial charge in [0.05, 0.1) is 6.04 Å². The normalized spacial score (nSPS) is 20.8. The average molecular weight is 260 g/mol. The highest BCUT2D eigenvalue weighted by Crippen LogP contribution is 2.20. The number of amides is 1. The molecule has 1 aliphatic heterocycles. The van der Waals surface area contributed by atoms with E-state index in [1.165, 1.54) is 12.0 Å². The fourth-order valence-electron chi connectivity index (χ4n) is 2.44. The number of piperidine rings is 1. The van der Waals surface area contributed by atoms with Crippen LogP contribution in [-0.4, -0.2) is 18.5 Å². The van der Waals surface area contributed by atoms with E-state index in [4.69, 9.17) is 0 Å². The molecule has 0 bridgehead atoms. The molecule has 2 rings (SSSR count). The summed E-state index contributed by atoms with van der Waals surface area (Å²) in [5, 5.41) is 6.26. The predicted octanol–water partition coefficient (Wildman–Crippen LogP) is 3.28. The zero-order valence-electron chi connectivity index (χ0n) is 11.9. The van der Waals surface area contributed by atoms with Crippen molar-refractivity contribution in [2.45, 2.75) is 51.5 Å². The third kappa shape index (κ3) is 3.80. The molecule has 2 N–H and O–H groups in total. The quantitative estimate of drug-likeness (QED) is 0.872. The third-order valence-corrected chi connectivity index (χ3v) is 3.99. The van der Waals surface area contributed by atoms with Crippen molar-refractivity contribution in [2.75, 3.05) is 11.9 Å². The fraction of sp³-hybridized carbons (Fsp3) is 0.562. The van der Waals surface area contributed by atoms with Gasteiger partial charge >= 0.3 is 0 Å². The van der Waals surface area contributed by atoms with E-state index < -0.39 is 0 Å². The highest BCUT2D eigenvalue weighted by molar-refractivity contribution is 5.94. The van der Waals surface area contributed by atoms with Gasteiger partial charge in [0.15, 0.2) is 0 Å². The minimum atomic E-state index is -0.0250. The highest BCUT2D eigenvalue weighted by atomic mass is 16.2. The lowest BCUT2D eigenvalue weighted by atomic mass is 9.98. The lowest BCUT2D eigenvalue weighted by Gasteiger charge is -2.22. The molecule has 2 unspecified atom stereocenters. The summed E-state index contributed by atoms with van der Waals surface area (Å²) in [7, 11) is 0. The van der Waals surface area contributed by atoms with Crippen LogP contribution >= 0.6 is 0 Å². The molecular formula is C16H24N2O. The first-order valence-corrected chi connectivity index (χ1v) is 7.35. The Morgan fingerprint density at radius 3 is 2.68 bits per heavy atom. The summed E-state index contributed by atoms with van der Waals surface area (Å²) in [5.41, 5.74) is 2.22. The number of nitrogens with one attached hydrogen (secondary N) is 2. The molecule has 1 heterocycles. The number of anilines is 1.